The van der Waals surface area contributed by atoms with Gasteiger partial charge in [-0.3, -0.25) is 4.79 Å². The van der Waals surface area contributed by atoms with Gasteiger partial charge in [-0.2, -0.15) is 0 Å². The van der Waals surface area contributed by atoms with E-state index in [1.165, 1.54) is 6.08 Å². The van der Waals surface area contributed by atoms with Crippen molar-refractivity contribution >= 4 is 5.97 Å². The fraction of sp³-hybridized carbons (Fsp3) is 0.300. The fourth-order valence-corrected chi connectivity index (χ4v) is 1.34. The molecule has 0 spiro atoms. The van der Waals surface area contributed by atoms with E-state index in [0.717, 1.165) is 5.57 Å². The molecule has 2 rings (SSSR count). The predicted molar refractivity (Wildman–Crippen MR) is 45.5 cm³/mol. The van der Waals surface area contributed by atoms with Crippen LogP contribution in [0.1, 0.15) is 12.8 Å². The van der Waals surface area contributed by atoms with E-state index >= 15 is 0 Å². The zero-order chi connectivity index (χ0) is 9.26. The van der Waals surface area contributed by atoms with Gasteiger partial charge in [0, 0.05) is 12.0 Å². The highest BCUT2D eigenvalue weighted by Crippen LogP contribution is 2.24. The molecule has 2 nitrogen and oxygen atoms in total. The molecule has 1 aliphatic carbocycles. The minimum absolute atomic E-state index is 0.244. The third kappa shape index (κ3) is 1.69. The van der Waals surface area contributed by atoms with Crippen molar-refractivity contribution in [1.29, 1.82) is 0 Å². The van der Waals surface area contributed by atoms with Crippen LogP contribution in [-0.2, 0) is 9.53 Å². The second-order valence-electron chi connectivity index (χ2n) is 3.02. The number of halogens is 1. The highest BCUT2D eigenvalue weighted by atomic mass is 19.1. The Hall–Kier alpha value is -1.38. The molecule has 0 fully saturated rings. The molecule has 68 valence electrons. The number of carbonyl (C=O) groups excluding carboxylic acids is 1. The van der Waals surface area contributed by atoms with E-state index in [2.05, 4.69) is 0 Å². The topological polar surface area (TPSA) is 26.3 Å². The normalized spacial score (nSPS) is 26.8. The summed E-state index contributed by atoms with van der Waals surface area (Å²) < 4.78 is 17.6. The number of rotatable bonds is 1. The Labute approximate surface area is 75.4 Å². The summed E-state index contributed by atoms with van der Waals surface area (Å²) in [6.45, 7) is 0. The summed E-state index contributed by atoms with van der Waals surface area (Å²) in [5.41, 5.74) is 0.805. The van der Waals surface area contributed by atoms with Crippen molar-refractivity contribution < 1.29 is 13.9 Å². The first kappa shape index (κ1) is 8.23. The van der Waals surface area contributed by atoms with Gasteiger partial charge in [0.15, 0.2) is 0 Å². The molecule has 13 heavy (non-hydrogen) atoms. The van der Waals surface area contributed by atoms with Crippen molar-refractivity contribution in [2.75, 3.05) is 0 Å². The second kappa shape index (κ2) is 3.17. The summed E-state index contributed by atoms with van der Waals surface area (Å²) in [6.07, 6.45) is 6.37. The Morgan fingerprint density at radius 1 is 1.46 bits per heavy atom. The lowest BCUT2D eigenvalue weighted by Gasteiger charge is -2.09. The molecule has 0 radical (unpaired) electrons. The van der Waals surface area contributed by atoms with Crippen LogP contribution in [0.4, 0.5) is 4.39 Å². The van der Waals surface area contributed by atoms with Crippen LogP contribution in [0, 0.1) is 0 Å². The van der Waals surface area contributed by atoms with Crippen LogP contribution in [-0.4, -0.2) is 12.1 Å². The molecule has 2 aliphatic rings. The van der Waals surface area contributed by atoms with Crippen LogP contribution in [0.25, 0.3) is 0 Å². The Morgan fingerprint density at radius 2 is 2.31 bits per heavy atom. The molecule has 0 aromatic rings. The number of hydrogen-bond donors (Lipinski definition) is 0. The van der Waals surface area contributed by atoms with Crippen LogP contribution in [0.2, 0.25) is 0 Å². The molecule has 0 saturated heterocycles. The molecule has 0 N–H and O–H groups in total. The molecule has 0 aromatic heterocycles. The van der Waals surface area contributed by atoms with E-state index in [9.17, 15) is 9.18 Å². The predicted octanol–water partition coefficient (Wildman–Crippen LogP) is 2.04. The van der Waals surface area contributed by atoms with Crippen LogP contribution in [0.15, 0.2) is 35.6 Å². The average molecular weight is 180 g/mol. The molecule has 0 unspecified atom stereocenters. The monoisotopic (exact) mass is 180 g/mol. The first-order valence-electron chi connectivity index (χ1n) is 4.19. The molecular formula is C10H9FO2. The summed E-state index contributed by atoms with van der Waals surface area (Å²) in [6, 6.07) is 0. The molecular weight excluding hydrogens is 171 g/mol. The summed E-state index contributed by atoms with van der Waals surface area (Å²) in [5.74, 6) is 0.319. The van der Waals surface area contributed by atoms with Gasteiger partial charge in [-0.15, -0.1) is 0 Å². The second-order valence-corrected chi connectivity index (χ2v) is 3.02. The van der Waals surface area contributed by atoms with E-state index in [4.69, 9.17) is 4.74 Å². The molecule has 0 aromatic carbocycles. The zero-order valence-electron chi connectivity index (χ0n) is 7.00. The van der Waals surface area contributed by atoms with Crippen molar-refractivity contribution in [2.45, 2.75) is 19.0 Å². The smallest absolute Gasteiger partial charge is 0.315 e. The lowest BCUT2D eigenvalue weighted by atomic mass is 10.0. The lowest BCUT2D eigenvalue weighted by molar-refractivity contribution is -0.136. The minimum atomic E-state index is -0.901. The highest BCUT2D eigenvalue weighted by Gasteiger charge is 2.18. The van der Waals surface area contributed by atoms with Crippen LogP contribution in [0.3, 0.4) is 0 Å². The van der Waals surface area contributed by atoms with Gasteiger partial charge in [0.05, 0.1) is 6.42 Å². The number of cyclic esters (lactones) is 1. The Bertz CT molecular complexity index is 326. The summed E-state index contributed by atoms with van der Waals surface area (Å²) in [5, 5.41) is 0. The minimum Gasteiger partial charge on any atom is -0.426 e. The Kier molecular flexibility index (Phi) is 2.00. The highest BCUT2D eigenvalue weighted by molar-refractivity contribution is 5.76. The van der Waals surface area contributed by atoms with Crippen molar-refractivity contribution in [1.82, 2.24) is 0 Å². The quantitative estimate of drug-likeness (QED) is 0.577. The average Bonchev–Trinajstić information content (AvgIpc) is 2.53. The van der Waals surface area contributed by atoms with E-state index < -0.39 is 6.17 Å². The van der Waals surface area contributed by atoms with E-state index in [1.54, 1.807) is 18.2 Å². The maximum Gasteiger partial charge on any atom is 0.315 e. The zero-order valence-corrected chi connectivity index (χ0v) is 7.00. The number of carbonyl (C=O) groups is 1. The van der Waals surface area contributed by atoms with Crippen molar-refractivity contribution in [3.63, 3.8) is 0 Å². The summed E-state index contributed by atoms with van der Waals surface area (Å²) in [4.78, 5) is 10.8. The van der Waals surface area contributed by atoms with Crippen molar-refractivity contribution in [3.05, 3.63) is 35.6 Å². The maximum absolute atomic E-state index is 12.7. The maximum atomic E-state index is 12.7. The SMILES string of the molecule is O=C1CC=C(C2=CC[C@@H](F)C=C2)O1. The van der Waals surface area contributed by atoms with Gasteiger partial charge in [0.25, 0.3) is 0 Å². The number of hydrogen-bond acceptors (Lipinski definition) is 2. The van der Waals surface area contributed by atoms with Gasteiger partial charge in [-0.1, -0.05) is 12.2 Å². The number of ether oxygens (including phenoxy) is 1. The first-order chi connectivity index (χ1) is 6.25. The summed E-state index contributed by atoms with van der Waals surface area (Å²) in [7, 11) is 0. The molecule has 0 bridgehead atoms. The molecule has 0 saturated carbocycles. The van der Waals surface area contributed by atoms with E-state index in [0.29, 0.717) is 18.6 Å². The van der Waals surface area contributed by atoms with Crippen LogP contribution < -0.4 is 0 Å². The molecule has 0 amide bonds. The van der Waals surface area contributed by atoms with Gasteiger partial charge in [0.1, 0.15) is 11.9 Å². The third-order valence-electron chi connectivity index (χ3n) is 2.01. The van der Waals surface area contributed by atoms with Gasteiger partial charge in [-0.25, -0.2) is 4.39 Å². The number of esters is 1. The standard InChI is InChI=1S/C10H9FO2/c11-8-3-1-7(2-4-8)9-5-6-10(12)13-9/h1-3,5,8H,4,6H2/t8-/m0/s1. The van der Waals surface area contributed by atoms with Gasteiger partial charge < -0.3 is 4.74 Å². The van der Waals surface area contributed by atoms with Gasteiger partial charge in [0.2, 0.25) is 0 Å². The molecule has 3 heteroatoms. The Morgan fingerprint density at radius 3 is 2.85 bits per heavy atom. The first-order valence-corrected chi connectivity index (χ1v) is 4.19. The van der Waals surface area contributed by atoms with E-state index in [-0.39, 0.29) is 5.97 Å². The summed E-state index contributed by atoms with van der Waals surface area (Å²) >= 11 is 0. The van der Waals surface area contributed by atoms with Crippen molar-refractivity contribution in [2.24, 2.45) is 0 Å². The Balaban J connectivity index is 2.11. The van der Waals surface area contributed by atoms with Crippen LogP contribution in [0.5, 0.6) is 0 Å². The van der Waals surface area contributed by atoms with Gasteiger partial charge in [-0.05, 0) is 12.2 Å². The largest absolute Gasteiger partial charge is 0.426 e. The van der Waals surface area contributed by atoms with Crippen molar-refractivity contribution in [3.8, 4) is 0 Å². The van der Waals surface area contributed by atoms with Gasteiger partial charge >= 0.3 is 5.97 Å². The van der Waals surface area contributed by atoms with E-state index in [1.807, 2.05) is 0 Å². The molecule has 1 atom stereocenters. The molecule has 1 heterocycles. The van der Waals surface area contributed by atoms with Crippen LogP contribution >= 0.6 is 0 Å². The third-order valence-corrected chi connectivity index (χ3v) is 2.01. The molecule has 1 aliphatic heterocycles. The number of allylic oxidation sites excluding steroid dienone is 3. The fourth-order valence-electron chi connectivity index (χ4n) is 1.34. The lowest BCUT2D eigenvalue weighted by Crippen LogP contribution is -2.01. The number of alkyl halides is 1.